The van der Waals surface area contributed by atoms with E-state index in [2.05, 4.69) is 9.05 Å². The molecule has 20 heavy (non-hydrogen) atoms. The first-order chi connectivity index (χ1) is 9.66. The summed E-state index contributed by atoms with van der Waals surface area (Å²) < 4.78 is 47.7. The van der Waals surface area contributed by atoms with E-state index in [4.69, 9.17) is 0 Å². The summed E-state index contributed by atoms with van der Waals surface area (Å²) in [5.41, 5.74) is 0.379. The second-order valence-corrected chi connectivity index (χ2v) is 4.76. The first kappa shape index (κ1) is 14.7. The lowest BCUT2D eigenvalue weighted by Gasteiger charge is -2.03. The van der Waals surface area contributed by atoms with Gasteiger partial charge in [0.25, 0.3) is 12.7 Å². The fourth-order valence-corrected chi connectivity index (χ4v) is 2.10. The third-order valence-corrected chi connectivity index (χ3v) is 3.19. The predicted octanol–water partition coefficient (Wildman–Crippen LogP) is 5.01. The van der Waals surface area contributed by atoms with Gasteiger partial charge in [0.2, 0.25) is 0 Å². The fraction of sp³-hybridized carbons (Fsp3) is 0.143. The number of rotatable bonds is 6. The minimum absolute atomic E-state index is 0.189. The van der Waals surface area contributed by atoms with Crippen LogP contribution in [0, 0.1) is 0 Å². The first-order valence-corrected chi connectivity index (χ1v) is 6.95. The maximum atomic E-state index is 13.6. The van der Waals surface area contributed by atoms with Gasteiger partial charge in [-0.15, -0.1) is 0 Å². The van der Waals surface area contributed by atoms with Crippen molar-refractivity contribution in [2.75, 3.05) is 0 Å². The molecule has 2 aromatic carbocycles. The van der Waals surface area contributed by atoms with Gasteiger partial charge in [-0.25, -0.2) is 8.78 Å². The van der Waals surface area contributed by atoms with Gasteiger partial charge in [0.05, 0.1) is 0 Å². The molecule has 6 heteroatoms. The van der Waals surface area contributed by atoms with Crippen molar-refractivity contribution in [2.45, 2.75) is 12.7 Å². The second-order valence-electron chi connectivity index (χ2n) is 3.89. The number of halogens is 2. The second kappa shape index (κ2) is 7.20. The normalized spacial score (nSPS) is 14.6. The number of hydrogen-bond acceptors (Lipinski definition) is 3. The summed E-state index contributed by atoms with van der Waals surface area (Å²) in [6.45, 7) is 0. The molecule has 3 nitrogen and oxygen atoms in total. The van der Waals surface area contributed by atoms with Crippen LogP contribution < -0.4 is 0 Å². The van der Waals surface area contributed by atoms with Crippen molar-refractivity contribution in [2.24, 2.45) is 0 Å². The molecule has 0 saturated carbocycles. The van der Waals surface area contributed by atoms with E-state index in [9.17, 15) is 13.3 Å². The van der Waals surface area contributed by atoms with Gasteiger partial charge in [0, 0.05) is 15.7 Å². The fourth-order valence-electron chi connectivity index (χ4n) is 1.51. The van der Waals surface area contributed by atoms with Crippen LogP contribution in [0.1, 0.15) is 23.8 Å². The third-order valence-electron chi connectivity index (χ3n) is 2.48. The number of alkyl halides is 2. The molecule has 104 valence electrons. The first-order valence-electron chi connectivity index (χ1n) is 5.85. The van der Waals surface area contributed by atoms with Gasteiger partial charge in [-0.1, -0.05) is 69.7 Å². The summed E-state index contributed by atoms with van der Waals surface area (Å²) in [6, 6.07) is 15.7. The highest BCUT2D eigenvalue weighted by Gasteiger charge is 2.33. The highest BCUT2D eigenvalue weighted by atomic mass is 31.1. The van der Waals surface area contributed by atoms with Crippen molar-refractivity contribution in [3.8, 4) is 0 Å². The monoisotopic (exact) mass is 297 g/mol. The van der Waals surface area contributed by atoms with E-state index in [0.717, 1.165) is 0 Å². The predicted molar refractivity (Wildman–Crippen MR) is 70.4 cm³/mol. The maximum absolute atomic E-state index is 13.6. The van der Waals surface area contributed by atoms with Crippen LogP contribution in [0.25, 0.3) is 0 Å². The molecule has 0 radical (unpaired) electrons. The summed E-state index contributed by atoms with van der Waals surface area (Å²) >= 11 is 0. The Balaban J connectivity index is 1.90. The molecule has 0 aliphatic carbocycles. The SMILES string of the molecule is O=[P+](OC(F)c1ccccc1)OC(F)c1ccccc1. The highest BCUT2D eigenvalue weighted by molar-refractivity contribution is 7.33. The topological polar surface area (TPSA) is 35.5 Å². The smallest absolute Gasteiger partial charge is 0.205 e. The average Bonchev–Trinajstić information content (AvgIpc) is 2.49. The summed E-state index contributed by atoms with van der Waals surface area (Å²) in [4.78, 5) is 0. The van der Waals surface area contributed by atoms with Gasteiger partial charge >= 0.3 is 8.25 Å². The van der Waals surface area contributed by atoms with E-state index < -0.39 is 21.0 Å². The lowest BCUT2D eigenvalue weighted by Crippen LogP contribution is -1.96. The van der Waals surface area contributed by atoms with Crippen LogP contribution in [0.3, 0.4) is 0 Å². The number of benzene rings is 2. The summed E-state index contributed by atoms with van der Waals surface area (Å²) in [6.07, 6.45) is -3.86. The molecule has 2 rings (SSSR count). The maximum Gasteiger partial charge on any atom is 0.704 e. The van der Waals surface area contributed by atoms with Gasteiger partial charge in [-0.05, 0) is 0 Å². The summed E-state index contributed by atoms with van der Waals surface area (Å²) in [5, 5.41) is 0. The van der Waals surface area contributed by atoms with Crippen LogP contribution in [0.5, 0.6) is 0 Å². The molecule has 2 aromatic rings. The van der Waals surface area contributed by atoms with E-state index >= 15 is 0 Å². The van der Waals surface area contributed by atoms with Crippen molar-refractivity contribution in [1.29, 1.82) is 0 Å². The van der Waals surface area contributed by atoms with Gasteiger partial charge < -0.3 is 0 Å². The molecule has 2 unspecified atom stereocenters. The quantitative estimate of drug-likeness (QED) is 0.703. The van der Waals surface area contributed by atoms with Crippen molar-refractivity contribution in [3.05, 3.63) is 71.8 Å². The van der Waals surface area contributed by atoms with E-state index in [1.807, 2.05) is 0 Å². The standard InChI is InChI=1S/C14H12F2O3P/c15-13(11-7-3-1-4-8-11)18-20(17)19-14(16)12-9-5-2-6-10-12/h1-10,13-14H/q+1. The molecule has 2 atom stereocenters. The Hall–Kier alpha value is -1.68. The van der Waals surface area contributed by atoms with Gasteiger partial charge in [-0.2, -0.15) is 0 Å². The van der Waals surface area contributed by atoms with Crippen LogP contribution in [0.4, 0.5) is 8.78 Å². The average molecular weight is 297 g/mol. The van der Waals surface area contributed by atoms with Crippen molar-refractivity contribution in [3.63, 3.8) is 0 Å². The van der Waals surface area contributed by atoms with Crippen molar-refractivity contribution < 1.29 is 22.4 Å². The van der Waals surface area contributed by atoms with Crippen LogP contribution in [-0.2, 0) is 13.6 Å². The van der Waals surface area contributed by atoms with Crippen LogP contribution >= 0.6 is 8.25 Å². The van der Waals surface area contributed by atoms with Gasteiger partial charge in [0.15, 0.2) is 0 Å². The van der Waals surface area contributed by atoms with E-state index in [1.165, 1.54) is 24.3 Å². The third kappa shape index (κ3) is 4.17. The molecule has 0 aromatic heterocycles. The van der Waals surface area contributed by atoms with E-state index in [0.29, 0.717) is 0 Å². The van der Waals surface area contributed by atoms with Gasteiger partial charge in [-0.3, -0.25) is 0 Å². The van der Waals surface area contributed by atoms with Crippen molar-refractivity contribution in [1.82, 2.24) is 0 Å². The molecular formula is C14H12F2O3P+. The molecule has 0 fully saturated rings. The van der Waals surface area contributed by atoms with E-state index in [1.54, 1.807) is 36.4 Å². The van der Waals surface area contributed by atoms with Crippen LogP contribution in [0.2, 0.25) is 0 Å². The van der Waals surface area contributed by atoms with E-state index in [-0.39, 0.29) is 11.1 Å². The molecule has 0 heterocycles. The highest BCUT2D eigenvalue weighted by Crippen LogP contribution is 2.39. The summed E-state index contributed by atoms with van der Waals surface area (Å²) in [7, 11) is -2.91. The zero-order valence-electron chi connectivity index (χ0n) is 10.4. The van der Waals surface area contributed by atoms with Crippen molar-refractivity contribution >= 4 is 8.25 Å². The molecule has 0 aliphatic rings. The molecule has 0 aliphatic heterocycles. The lowest BCUT2D eigenvalue weighted by molar-refractivity contribution is 0.0127. The Morgan fingerprint density at radius 1 is 0.750 bits per heavy atom. The number of hydrogen-bond donors (Lipinski definition) is 0. The largest absolute Gasteiger partial charge is 0.704 e. The molecule has 0 saturated heterocycles. The van der Waals surface area contributed by atoms with Crippen LogP contribution in [0.15, 0.2) is 60.7 Å². The van der Waals surface area contributed by atoms with Crippen LogP contribution in [-0.4, -0.2) is 0 Å². The lowest BCUT2D eigenvalue weighted by atomic mass is 10.2. The Kier molecular flexibility index (Phi) is 5.30. The summed E-state index contributed by atoms with van der Waals surface area (Å²) in [5.74, 6) is 0. The zero-order chi connectivity index (χ0) is 14.4. The minimum atomic E-state index is -2.91. The Morgan fingerprint density at radius 2 is 1.10 bits per heavy atom. The van der Waals surface area contributed by atoms with Gasteiger partial charge in [0.1, 0.15) is 0 Å². The Morgan fingerprint density at radius 3 is 1.45 bits per heavy atom. The molecule has 0 N–H and O–H groups in total. The Labute approximate surface area is 116 Å². The molecule has 0 amide bonds. The molecular weight excluding hydrogens is 285 g/mol. The molecule has 0 bridgehead atoms. The molecule has 0 spiro atoms. The Bertz CT molecular complexity index is 501. The zero-order valence-corrected chi connectivity index (χ0v) is 11.3. The minimum Gasteiger partial charge on any atom is -0.205 e.